The van der Waals surface area contributed by atoms with Crippen LogP contribution in [0.1, 0.15) is 25.3 Å². The van der Waals surface area contributed by atoms with Gasteiger partial charge in [0.25, 0.3) is 0 Å². The highest BCUT2D eigenvalue weighted by Crippen LogP contribution is 2.56. The van der Waals surface area contributed by atoms with Crippen LogP contribution in [0.4, 0.5) is 0 Å². The molecular formula is C12H16ClN. The van der Waals surface area contributed by atoms with Crippen LogP contribution >= 0.6 is 11.6 Å². The summed E-state index contributed by atoms with van der Waals surface area (Å²) in [6.45, 7) is 3.04. The first-order valence-electron chi connectivity index (χ1n) is 5.19. The van der Waals surface area contributed by atoms with Crippen molar-refractivity contribution >= 4 is 11.6 Å². The van der Waals surface area contributed by atoms with Crippen molar-refractivity contribution in [2.45, 2.75) is 25.2 Å². The molecule has 0 amide bonds. The zero-order chi connectivity index (χ0) is 10.2. The molecule has 0 spiro atoms. The van der Waals surface area contributed by atoms with E-state index < -0.39 is 0 Å². The van der Waals surface area contributed by atoms with Gasteiger partial charge in [0.15, 0.2) is 0 Å². The molecule has 0 aromatic heterocycles. The lowest BCUT2D eigenvalue weighted by Crippen LogP contribution is -2.14. The van der Waals surface area contributed by atoms with Gasteiger partial charge in [-0.25, -0.2) is 0 Å². The van der Waals surface area contributed by atoms with Gasteiger partial charge in [0.2, 0.25) is 0 Å². The van der Waals surface area contributed by atoms with E-state index in [-0.39, 0.29) is 0 Å². The molecular weight excluding hydrogens is 194 g/mol. The summed E-state index contributed by atoms with van der Waals surface area (Å²) in [5, 5.41) is 0.810. The van der Waals surface area contributed by atoms with Crippen molar-refractivity contribution in [3.05, 3.63) is 34.9 Å². The third-order valence-corrected chi connectivity index (χ3v) is 3.82. The van der Waals surface area contributed by atoms with Crippen LogP contribution in [0.15, 0.2) is 24.3 Å². The van der Waals surface area contributed by atoms with Crippen LogP contribution in [-0.4, -0.2) is 6.54 Å². The van der Waals surface area contributed by atoms with Gasteiger partial charge >= 0.3 is 0 Å². The first kappa shape index (κ1) is 10.0. The Kier molecular flexibility index (Phi) is 2.54. The van der Waals surface area contributed by atoms with Gasteiger partial charge in [-0.15, -0.1) is 0 Å². The minimum Gasteiger partial charge on any atom is -0.330 e. The van der Waals surface area contributed by atoms with E-state index in [0.29, 0.717) is 11.3 Å². The molecule has 1 unspecified atom stereocenters. The van der Waals surface area contributed by atoms with Crippen molar-refractivity contribution in [3.8, 4) is 0 Å². The highest BCUT2D eigenvalue weighted by Gasteiger charge is 2.52. The summed E-state index contributed by atoms with van der Waals surface area (Å²) in [6.07, 6.45) is 2.41. The summed E-state index contributed by atoms with van der Waals surface area (Å²) in [4.78, 5) is 0. The predicted molar refractivity (Wildman–Crippen MR) is 60.6 cm³/mol. The maximum Gasteiger partial charge on any atom is 0.0406 e. The zero-order valence-corrected chi connectivity index (χ0v) is 9.22. The molecule has 0 aliphatic heterocycles. The molecule has 0 radical (unpaired) electrons. The summed E-state index contributed by atoms with van der Waals surface area (Å²) >= 11 is 5.87. The topological polar surface area (TPSA) is 26.0 Å². The molecule has 1 fully saturated rings. The Morgan fingerprint density at radius 1 is 1.43 bits per heavy atom. The van der Waals surface area contributed by atoms with E-state index in [0.717, 1.165) is 11.6 Å². The van der Waals surface area contributed by atoms with E-state index >= 15 is 0 Å². The van der Waals surface area contributed by atoms with Gasteiger partial charge in [-0.05, 0) is 48.4 Å². The third-order valence-electron chi connectivity index (χ3n) is 3.57. The van der Waals surface area contributed by atoms with Crippen molar-refractivity contribution in [2.75, 3.05) is 6.54 Å². The summed E-state index contributed by atoms with van der Waals surface area (Å²) in [5.74, 6) is 0.675. The second-order valence-electron chi connectivity index (χ2n) is 4.15. The van der Waals surface area contributed by atoms with Crippen molar-refractivity contribution in [2.24, 2.45) is 11.7 Å². The minimum atomic E-state index is 0.360. The molecule has 76 valence electrons. The number of hydrogen-bond donors (Lipinski definition) is 1. The van der Waals surface area contributed by atoms with Gasteiger partial charge in [0.05, 0.1) is 0 Å². The Hall–Kier alpha value is -0.530. The Labute approximate surface area is 90.3 Å². The molecule has 2 N–H and O–H groups in total. The van der Waals surface area contributed by atoms with Gasteiger partial charge in [0.1, 0.15) is 0 Å². The molecule has 1 aromatic carbocycles. The summed E-state index contributed by atoms with van der Waals surface area (Å²) in [6, 6.07) is 8.23. The minimum absolute atomic E-state index is 0.360. The normalized spacial score (nSPS) is 30.4. The van der Waals surface area contributed by atoms with Crippen LogP contribution < -0.4 is 5.73 Å². The van der Waals surface area contributed by atoms with E-state index in [1.165, 1.54) is 18.4 Å². The summed E-state index contributed by atoms with van der Waals surface area (Å²) in [7, 11) is 0. The average molecular weight is 210 g/mol. The smallest absolute Gasteiger partial charge is 0.0406 e. The Balaban J connectivity index is 2.26. The lowest BCUT2D eigenvalue weighted by molar-refractivity contribution is 0.587. The van der Waals surface area contributed by atoms with E-state index in [2.05, 4.69) is 19.1 Å². The molecule has 0 saturated heterocycles. The van der Waals surface area contributed by atoms with E-state index in [1.807, 2.05) is 12.1 Å². The Morgan fingerprint density at radius 3 is 2.50 bits per heavy atom. The molecule has 2 rings (SSSR count). The highest BCUT2D eigenvalue weighted by molar-refractivity contribution is 6.30. The maximum atomic E-state index is 5.87. The van der Waals surface area contributed by atoms with Crippen molar-refractivity contribution in [3.63, 3.8) is 0 Å². The second kappa shape index (κ2) is 3.56. The van der Waals surface area contributed by atoms with Gasteiger partial charge in [-0.2, -0.15) is 0 Å². The van der Waals surface area contributed by atoms with Crippen molar-refractivity contribution < 1.29 is 0 Å². The van der Waals surface area contributed by atoms with Crippen molar-refractivity contribution in [1.29, 1.82) is 0 Å². The number of hydrogen-bond acceptors (Lipinski definition) is 1. The van der Waals surface area contributed by atoms with Gasteiger partial charge in [-0.1, -0.05) is 30.7 Å². The Morgan fingerprint density at radius 2 is 2.07 bits per heavy atom. The first-order chi connectivity index (χ1) is 6.73. The molecule has 14 heavy (non-hydrogen) atoms. The Bertz CT molecular complexity index is 320. The number of rotatable bonds is 3. The van der Waals surface area contributed by atoms with E-state index in [1.54, 1.807) is 0 Å². The van der Waals surface area contributed by atoms with Crippen molar-refractivity contribution in [1.82, 2.24) is 0 Å². The SMILES string of the molecule is CCC1(c2ccc(Cl)cc2)C[C@H]1CN. The molecule has 1 saturated carbocycles. The fourth-order valence-electron chi connectivity index (χ4n) is 2.46. The summed E-state index contributed by atoms with van der Waals surface area (Å²) < 4.78 is 0. The van der Waals surface area contributed by atoms with E-state index in [9.17, 15) is 0 Å². The third kappa shape index (κ3) is 1.45. The van der Waals surface area contributed by atoms with Crippen LogP contribution in [0.5, 0.6) is 0 Å². The largest absolute Gasteiger partial charge is 0.330 e. The van der Waals surface area contributed by atoms with Gasteiger partial charge in [-0.3, -0.25) is 0 Å². The molecule has 2 heteroatoms. The number of halogens is 1. The highest BCUT2D eigenvalue weighted by atomic mass is 35.5. The average Bonchev–Trinajstić information content (AvgIpc) is 2.94. The quantitative estimate of drug-likeness (QED) is 0.814. The van der Waals surface area contributed by atoms with Crippen LogP contribution in [-0.2, 0) is 5.41 Å². The maximum absolute atomic E-state index is 5.87. The second-order valence-corrected chi connectivity index (χ2v) is 4.59. The molecule has 0 heterocycles. The lowest BCUT2D eigenvalue weighted by Gasteiger charge is -2.15. The van der Waals surface area contributed by atoms with Crippen LogP contribution in [0.2, 0.25) is 5.02 Å². The lowest BCUT2D eigenvalue weighted by atomic mass is 9.90. The zero-order valence-electron chi connectivity index (χ0n) is 8.46. The van der Waals surface area contributed by atoms with Crippen LogP contribution in [0.3, 0.4) is 0 Å². The van der Waals surface area contributed by atoms with Gasteiger partial charge in [0, 0.05) is 5.02 Å². The van der Waals surface area contributed by atoms with Crippen LogP contribution in [0, 0.1) is 5.92 Å². The standard InChI is InChI=1S/C12H16ClN/c1-2-12(7-10(12)8-14)9-3-5-11(13)6-4-9/h3-6,10H,2,7-8,14H2,1H3/t10-,12?/m0/s1. The number of nitrogens with two attached hydrogens (primary N) is 1. The number of benzene rings is 1. The molecule has 2 atom stereocenters. The van der Waals surface area contributed by atoms with E-state index in [4.69, 9.17) is 17.3 Å². The van der Waals surface area contributed by atoms with Crippen LogP contribution in [0.25, 0.3) is 0 Å². The molecule has 0 bridgehead atoms. The molecule has 1 aliphatic rings. The fourth-order valence-corrected chi connectivity index (χ4v) is 2.59. The summed E-state index contributed by atoms with van der Waals surface area (Å²) in [5.41, 5.74) is 7.49. The first-order valence-corrected chi connectivity index (χ1v) is 5.57. The monoisotopic (exact) mass is 209 g/mol. The molecule has 1 aliphatic carbocycles. The molecule has 1 nitrogen and oxygen atoms in total. The predicted octanol–water partition coefficient (Wildman–Crippen LogP) is 2.97. The fraction of sp³-hybridized carbons (Fsp3) is 0.500. The van der Waals surface area contributed by atoms with Gasteiger partial charge < -0.3 is 5.73 Å². The molecule has 1 aromatic rings.